The summed E-state index contributed by atoms with van der Waals surface area (Å²) in [6, 6.07) is 21.0. The average Bonchev–Trinajstić information content (AvgIpc) is 3.14. The Morgan fingerprint density at radius 2 is 1.73 bits per heavy atom. The average molecular weight is 341 g/mol. The van der Waals surface area contributed by atoms with Crippen LogP contribution in [0.5, 0.6) is 5.75 Å². The Morgan fingerprint density at radius 3 is 2.54 bits per heavy atom. The second-order valence-corrected chi connectivity index (χ2v) is 6.80. The molecule has 3 aromatic rings. The van der Waals surface area contributed by atoms with Crippen LogP contribution in [-0.2, 0) is 0 Å². The molecule has 0 saturated heterocycles. The number of aromatic nitrogens is 1. The van der Waals surface area contributed by atoms with Crippen LogP contribution in [0.2, 0.25) is 0 Å². The van der Waals surface area contributed by atoms with Gasteiger partial charge in [-0.05, 0) is 25.1 Å². The Morgan fingerprint density at radius 1 is 0.962 bits per heavy atom. The number of nitrogens with zero attached hydrogens (tertiary/aromatic N) is 3. The van der Waals surface area contributed by atoms with Gasteiger partial charge in [0.05, 0.1) is 11.8 Å². The van der Waals surface area contributed by atoms with Gasteiger partial charge >= 0.3 is 0 Å². The first-order valence-electron chi connectivity index (χ1n) is 8.88. The van der Waals surface area contributed by atoms with E-state index < -0.39 is 0 Å². The maximum absolute atomic E-state index is 6.36. The zero-order valence-electron chi connectivity index (χ0n) is 14.5. The lowest BCUT2D eigenvalue weighted by Crippen LogP contribution is -2.33. The minimum absolute atomic E-state index is 0.189. The van der Waals surface area contributed by atoms with E-state index in [2.05, 4.69) is 59.4 Å². The summed E-state index contributed by atoms with van der Waals surface area (Å²) >= 11 is 0. The molecule has 0 radical (unpaired) electrons. The monoisotopic (exact) mass is 341 g/mol. The number of ether oxygens (including phenoxy) is 1. The Labute approximate surface area is 152 Å². The van der Waals surface area contributed by atoms with Crippen molar-refractivity contribution in [3.05, 3.63) is 95.3 Å². The third-order valence-electron chi connectivity index (χ3n) is 5.08. The highest BCUT2D eigenvalue weighted by Crippen LogP contribution is 2.47. The quantitative estimate of drug-likeness (QED) is 0.682. The van der Waals surface area contributed by atoms with Gasteiger partial charge in [-0.25, -0.2) is 5.01 Å². The van der Waals surface area contributed by atoms with Gasteiger partial charge in [-0.2, -0.15) is 5.10 Å². The Balaban J connectivity index is 1.60. The predicted octanol–water partition coefficient (Wildman–Crippen LogP) is 4.63. The van der Waals surface area contributed by atoms with Gasteiger partial charge in [0.1, 0.15) is 5.75 Å². The second kappa shape index (κ2) is 5.99. The summed E-state index contributed by atoms with van der Waals surface area (Å²) in [6.07, 6.45) is 4.29. The minimum Gasteiger partial charge on any atom is -0.464 e. The van der Waals surface area contributed by atoms with Gasteiger partial charge in [-0.15, -0.1) is 0 Å². The molecule has 4 heteroatoms. The van der Waals surface area contributed by atoms with Crippen LogP contribution in [0.4, 0.5) is 0 Å². The number of para-hydroxylation sites is 1. The molecule has 128 valence electrons. The number of hydrogen-bond acceptors (Lipinski definition) is 4. The smallest absolute Gasteiger partial charge is 0.213 e. The van der Waals surface area contributed by atoms with E-state index in [0.717, 1.165) is 29.0 Å². The summed E-state index contributed by atoms with van der Waals surface area (Å²) in [6.45, 7) is 2.10. The van der Waals surface area contributed by atoms with Crippen molar-refractivity contribution in [3.8, 4) is 5.75 Å². The molecule has 0 unspecified atom stereocenters. The first kappa shape index (κ1) is 15.1. The number of aryl methyl sites for hydroxylation is 1. The molecule has 4 nitrogen and oxygen atoms in total. The van der Waals surface area contributed by atoms with E-state index in [0.29, 0.717) is 0 Å². The van der Waals surface area contributed by atoms with Crippen LogP contribution in [0.1, 0.15) is 40.9 Å². The van der Waals surface area contributed by atoms with E-state index in [1.165, 1.54) is 11.1 Å². The molecule has 0 aliphatic carbocycles. The standard InChI is InChI=1S/C22H19N3O/c1-15-6-8-17(9-7-15)22-25-20(18-4-2-3-5-21(18)26-22)14-19(24-25)16-10-12-23-13-11-16/h2-13,20,22H,14H2,1H3/t20-,22+/m0/s1. The van der Waals surface area contributed by atoms with Crippen LogP contribution in [0, 0.1) is 6.92 Å². The molecule has 0 fully saturated rings. The highest BCUT2D eigenvalue weighted by molar-refractivity contribution is 6.01. The summed E-state index contributed by atoms with van der Waals surface area (Å²) in [7, 11) is 0. The van der Waals surface area contributed by atoms with Crippen molar-refractivity contribution in [1.29, 1.82) is 0 Å². The molecule has 0 saturated carbocycles. The summed E-state index contributed by atoms with van der Waals surface area (Å²) in [5.74, 6) is 0.950. The molecule has 0 amide bonds. The lowest BCUT2D eigenvalue weighted by molar-refractivity contribution is -0.0190. The molecule has 0 spiro atoms. The normalized spacial score (nSPS) is 20.8. The first-order valence-corrected chi connectivity index (χ1v) is 8.88. The van der Waals surface area contributed by atoms with Gasteiger partial charge in [0.25, 0.3) is 0 Å². The molecule has 5 rings (SSSR count). The lowest BCUT2D eigenvalue weighted by atomic mass is 9.96. The molecule has 2 aliphatic rings. The van der Waals surface area contributed by atoms with Crippen molar-refractivity contribution < 1.29 is 4.74 Å². The van der Waals surface area contributed by atoms with Crippen molar-refractivity contribution in [1.82, 2.24) is 9.99 Å². The molecule has 1 aromatic heterocycles. The predicted molar refractivity (Wildman–Crippen MR) is 101 cm³/mol. The van der Waals surface area contributed by atoms with Crippen molar-refractivity contribution in [2.45, 2.75) is 25.6 Å². The highest BCUT2D eigenvalue weighted by Gasteiger charge is 2.40. The SMILES string of the molecule is Cc1ccc([C@H]2Oc3ccccc3[C@@H]3CC(c4ccncc4)=NN23)cc1. The van der Waals surface area contributed by atoms with Crippen LogP contribution < -0.4 is 4.74 Å². The Hall–Kier alpha value is -3.14. The minimum atomic E-state index is -0.213. The van der Waals surface area contributed by atoms with E-state index in [1.807, 2.05) is 30.6 Å². The van der Waals surface area contributed by atoms with E-state index in [1.54, 1.807) is 0 Å². The van der Waals surface area contributed by atoms with Crippen LogP contribution in [0.25, 0.3) is 0 Å². The number of pyridine rings is 1. The topological polar surface area (TPSA) is 37.7 Å². The van der Waals surface area contributed by atoms with Gasteiger partial charge in [-0.1, -0.05) is 48.0 Å². The van der Waals surface area contributed by atoms with Gasteiger partial charge < -0.3 is 4.74 Å². The van der Waals surface area contributed by atoms with E-state index in [-0.39, 0.29) is 12.3 Å². The van der Waals surface area contributed by atoms with Crippen molar-refractivity contribution in [2.75, 3.05) is 0 Å². The van der Waals surface area contributed by atoms with Crippen LogP contribution in [-0.4, -0.2) is 15.7 Å². The van der Waals surface area contributed by atoms with E-state index >= 15 is 0 Å². The number of hydrazone groups is 1. The van der Waals surface area contributed by atoms with Gasteiger partial charge in [0.15, 0.2) is 0 Å². The third kappa shape index (κ3) is 2.46. The fourth-order valence-electron chi connectivity index (χ4n) is 3.70. The Kier molecular flexibility index (Phi) is 3.49. The van der Waals surface area contributed by atoms with Gasteiger partial charge in [0, 0.05) is 35.5 Å². The van der Waals surface area contributed by atoms with Gasteiger partial charge in [-0.3, -0.25) is 4.98 Å². The molecular formula is C22H19N3O. The fraction of sp³-hybridized carbons (Fsp3) is 0.182. The van der Waals surface area contributed by atoms with E-state index in [4.69, 9.17) is 9.84 Å². The van der Waals surface area contributed by atoms with Crippen molar-refractivity contribution in [3.63, 3.8) is 0 Å². The molecule has 26 heavy (non-hydrogen) atoms. The molecule has 0 bridgehead atoms. The summed E-state index contributed by atoms with van der Waals surface area (Å²) in [5.41, 5.74) is 5.76. The molecule has 2 atom stereocenters. The first-order chi connectivity index (χ1) is 12.8. The lowest BCUT2D eigenvalue weighted by Gasteiger charge is -2.38. The maximum Gasteiger partial charge on any atom is 0.213 e. The highest BCUT2D eigenvalue weighted by atomic mass is 16.5. The molecule has 2 aromatic carbocycles. The zero-order valence-corrected chi connectivity index (χ0v) is 14.5. The molecule has 3 heterocycles. The van der Waals surface area contributed by atoms with Crippen LogP contribution >= 0.6 is 0 Å². The number of hydrogen-bond donors (Lipinski definition) is 0. The molecule has 0 N–H and O–H groups in total. The zero-order chi connectivity index (χ0) is 17.5. The summed E-state index contributed by atoms with van der Waals surface area (Å²) in [4.78, 5) is 4.12. The van der Waals surface area contributed by atoms with Crippen LogP contribution in [0.3, 0.4) is 0 Å². The van der Waals surface area contributed by atoms with E-state index in [9.17, 15) is 0 Å². The molecular weight excluding hydrogens is 322 g/mol. The second-order valence-electron chi connectivity index (χ2n) is 6.80. The fourth-order valence-corrected chi connectivity index (χ4v) is 3.70. The van der Waals surface area contributed by atoms with Crippen molar-refractivity contribution in [2.24, 2.45) is 5.10 Å². The van der Waals surface area contributed by atoms with Gasteiger partial charge in [0.2, 0.25) is 6.23 Å². The Bertz CT molecular complexity index is 966. The summed E-state index contributed by atoms with van der Waals surface area (Å²) in [5, 5.41) is 7.07. The number of fused-ring (bicyclic) bond motifs is 3. The van der Waals surface area contributed by atoms with Crippen LogP contribution in [0.15, 0.2) is 78.2 Å². The summed E-state index contributed by atoms with van der Waals surface area (Å²) < 4.78 is 6.36. The van der Waals surface area contributed by atoms with Crippen molar-refractivity contribution >= 4 is 5.71 Å². The maximum atomic E-state index is 6.36. The number of benzene rings is 2. The molecule has 2 aliphatic heterocycles. The number of rotatable bonds is 2. The largest absolute Gasteiger partial charge is 0.464 e. The third-order valence-corrected chi connectivity index (χ3v) is 5.08.